The first kappa shape index (κ1) is 13.4. The van der Waals surface area contributed by atoms with Crippen LogP contribution in [0.4, 0.5) is 11.5 Å². The van der Waals surface area contributed by atoms with Gasteiger partial charge in [0.15, 0.2) is 5.82 Å². The lowest BCUT2D eigenvalue weighted by Gasteiger charge is -2.14. The highest BCUT2D eigenvalue weighted by Crippen LogP contribution is 2.26. The summed E-state index contributed by atoms with van der Waals surface area (Å²) in [5.41, 5.74) is 10.9. The molecular formula is C14H16N4S. The van der Waals surface area contributed by atoms with Crippen LogP contribution >= 0.6 is 12.2 Å². The van der Waals surface area contributed by atoms with Gasteiger partial charge in [0.1, 0.15) is 4.99 Å². The van der Waals surface area contributed by atoms with Crippen LogP contribution in [0.15, 0.2) is 24.4 Å². The van der Waals surface area contributed by atoms with E-state index < -0.39 is 0 Å². The summed E-state index contributed by atoms with van der Waals surface area (Å²) in [4.78, 5) is 0.305. The molecule has 5 heteroatoms. The van der Waals surface area contributed by atoms with Crippen LogP contribution in [-0.4, -0.2) is 15.2 Å². The highest BCUT2D eigenvalue weighted by molar-refractivity contribution is 7.80. The summed E-state index contributed by atoms with van der Waals surface area (Å²) in [5, 5.41) is 11.2. The van der Waals surface area contributed by atoms with Crippen molar-refractivity contribution in [2.24, 2.45) is 5.73 Å². The van der Waals surface area contributed by atoms with E-state index >= 15 is 0 Å². The number of anilines is 2. The first-order valence-electron chi connectivity index (χ1n) is 5.95. The fourth-order valence-corrected chi connectivity index (χ4v) is 2.28. The van der Waals surface area contributed by atoms with Gasteiger partial charge in [-0.25, -0.2) is 0 Å². The Morgan fingerprint density at radius 2 is 1.84 bits per heavy atom. The van der Waals surface area contributed by atoms with E-state index in [4.69, 9.17) is 18.0 Å². The third-order valence-corrected chi connectivity index (χ3v) is 3.13. The zero-order valence-corrected chi connectivity index (χ0v) is 12.0. The fourth-order valence-electron chi connectivity index (χ4n) is 2.12. The van der Waals surface area contributed by atoms with Crippen molar-refractivity contribution in [1.82, 2.24) is 10.2 Å². The van der Waals surface area contributed by atoms with E-state index in [0.717, 1.165) is 16.8 Å². The van der Waals surface area contributed by atoms with Gasteiger partial charge in [0.2, 0.25) is 0 Å². The minimum atomic E-state index is 0.305. The molecule has 2 rings (SSSR count). The Balaban J connectivity index is 2.45. The van der Waals surface area contributed by atoms with Crippen molar-refractivity contribution in [3.05, 3.63) is 46.6 Å². The highest BCUT2D eigenvalue weighted by atomic mass is 32.1. The number of nitrogens with two attached hydrogens (primary N) is 1. The summed E-state index contributed by atoms with van der Waals surface area (Å²) < 4.78 is 0. The van der Waals surface area contributed by atoms with E-state index in [1.54, 1.807) is 12.3 Å². The minimum Gasteiger partial charge on any atom is -0.389 e. The van der Waals surface area contributed by atoms with Crippen LogP contribution in [0.25, 0.3) is 0 Å². The summed E-state index contributed by atoms with van der Waals surface area (Å²) in [6.07, 6.45) is 1.58. The second-order valence-corrected chi connectivity index (χ2v) is 5.00. The molecule has 98 valence electrons. The van der Waals surface area contributed by atoms with E-state index in [0.29, 0.717) is 16.4 Å². The number of aromatic nitrogens is 2. The number of rotatable bonds is 3. The van der Waals surface area contributed by atoms with Gasteiger partial charge in [-0.2, -0.15) is 5.10 Å². The van der Waals surface area contributed by atoms with Crippen molar-refractivity contribution >= 4 is 28.7 Å². The van der Waals surface area contributed by atoms with Crippen molar-refractivity contribution in [2.45, 2.75) is 20.8 Å². The normalized spacial score (nSPS) is 10.3. The first-order valence-corrected chi connectivity index (χ1v) is 6.36. The van der Waals surface area contributed by atoms with Crippen LogP contribution in [0, 0.1) is 20.8 Å². The maximum Gasteiger partial charge on any atom is 0.163 e. The van der Waals surface area contributed by atoms with Gasteiger partial charge in [-0.15, -0.1) is 5.10 Å². The molecule has 1 heterocycles. The van der Waals surface area contributed by atoms with Gasteiger partial charge < -0.3 is 11.1 Å². The maximum atomic E-state index is 5.69. The van der Waals surface area contributed by atoms with E-state index in [2.05, 4.69) is 48.4 Å². The second kappa shape index (κ2) is 5.32. The molecule has 0 aliphatic heterocycles. The van der Waals surface area contributed by atoms with Gasteiger partial charge in [-0.05, 0) is 38.0 Å². The average Bonchev–Trinajstić information content (AvgIpc) is 2.34. The van der Waals surface area contributed by atoms with Gasteiger partial charge >= 0.3 is 0 Å². The number of hydrogen-bond donors (Lipinski definition) is 2. The number of aryl methyl sites for hydroxylation is 3. The zero-order chi connectivity index (χ0) is 14.0. The Labute approximate surface area is 118 Å². The molecule has 0 unspecified atom stereocenters. The molecule has 1 aromatic carbocycles. The Morgan fingerprint density at radius 1 is 1.21 bits per heavy atom. The number of hydrogen-bond acceptors (Lipinski definition) is 4. The summed E-state index contributed by atoms with van der Waals surface area (Å²) >= 11 is 5.02. The van der Waals surface area contributed by atoms with Gasteiger partial charge in [0.25, 0.3) is 0 Å². The molecule has 0 saturated carbocycles. The number of benzene rings is 1. The number of nitrogens with zero attached hydrogens (tertiary/aromatic N) is 2. The third kappa shape index (κ3) is 2.88. The standard InChI is InChI=1S/C14H16N4S/c1-8-6-9(2)12(10(3)7-8)17-14-11(13(15)19)4-5-16-18-14/h4-7H,1-3H3,(H2,15,19)(H,17,18). The van der Waals surface area contributed by atoms with Crippen LogP contribution in [-0.2, 0) is 0 Å². The highest BCUT2D eigenvalue weighted by Gasteiger charge is 2.10. The van der Waals surface area contributed by atoms with Gasteiger partial charge in [-0.1, -0.05) is 29.9 Å². The Bertz CT molecular complexity index is 614. The third-order valence-electron chi connectivity index (χ3n) is 2.91. The second-order valence-electron chi connectivity index (χ2n) is 4.56. The van der Waals surface area contributed by atoms with Gasteiger partial charge in [0.05, 0.1) is 11.8 Å². The Morgan fingerprint density at radius 3 is 2.42 bits per heavy atom. The minimum absolute atomic E-state index is 0.305. The summed E-state index contributed by atoms with van der Waals surface area (Å²) in [6.45, 7) is 6.19. The van der Waals surface area contributed by atoms with Gasteiger partial charge in [0, 0.05) is 5.69 Å². The van der Waals surface area contributed by atoms with Crippen LogP contribution in [0.5, 0.6) is 0 Å². The molecule has 0 aliphatic rings. The summed E-state index contributed by atoms with van der Waals surface area (Å²) in [5.74, 6) is 0.588. The lowest BCUT2D eigenvalue weighted by molar-refractivity contribution is 1.03. The lowest BCUT2D eigenvalue weighted by atomic mass is 10.0. The summed E-state index contributed by atoms with van der Waals surface area (Å²) in [7, 11) is 0. The molecule has 0 spiro atoms. The number of thiocarbonyl (C=S) groups is 1. The van der Waals surface area contributed by atoms with Crippen LogP contribution in [0.2, 0.25) is 0 Å². The topological polar surface area (TPSA) is 63.8 Å². The Kier molecular flexibility index (Phi) is 3.76. The first-order chi connectivity index (χ1) is 8.99. The smallest absolute Gasteiger partial charge is 0.163 e. The zero-order valence-electron chi connectivity index (χ0n) is 11.2. The molecule has 0 saturated heterocycles. The van der Waals surface area contributed by atoms with Crippen LogP contribution in [0.1, 0.15) is 22.3 Å². The largest absolute Gasteiger partial charge is 0.389 e. The molecule has 1 aromatic heterocycles. The van der Waals surface area contributed by atoms with Crippen molar-refractivity contribution < 1.29 is 0 Å². The molecule has 4 nitrogen and oxygen atoms in total. The molecule has 0 bridgehead atoms. The van der Waals surface area contributed by atoms with E-state index in [9.17, 15) is 0 Å². The molecule has 0 aliphatic carbocycles. The van der Waals surface area contributed by atoms with Crippen molar-refractivity contribution in [2.75, 3.05) is 5.32 Å². The molecule has 0 fully saturated rings. The number of nitrogens with one attached hydrogen (secondary N) is 1. The monoisotopic (exact) mass is 272 g/mol. The van der Waals surface area contributed by atoms with Crippen molar-refractivity contribution in [3.8, 4) is 0 Å². The SMILES string of the molecule is Cc1cc(C)c(Nc2nnccc2C(N)=S)c(C)c1. The predicted molar refractivity (Wildman–Crippen MR) is 81.9 cm³/mol. The van der Waals surface area contributed by atoms with Crippen molar-refractivity contribution in [1.29, 1.82) is 0 Å². The van der Waals surface area contributed by atoms with Gasteiger partial charge in [-0.3, -0.25) is 0 Å². The van der Waals surface area contributed by atoms with Crippen LogP contribution in [0.3, 0.4) is 0 Å². The molecule has 0 amide bonds. The van der Waals surface area contributed by atoms with Crippen molar-refractivity contribution in [3.63, 3.8) is 0 Å². The fraction of sp³-hybridized carbons (Fsp3) is 0.214. The van der Waals surface area contributed by atoms with Crippen LogP contribution < -0.4 is 11.1 Å². The molecule has 0 atom stereocenters. The summed E-state index contributed by atoms with van der Waals surface area (Å²) in [6, 6.07) is 5.99. The predicted octanol–water partition coefficient (Wildman–Crippen LogP) is 2.78. The van der Waals surface area contributed by atoms with E-state index in [1.165, 1.54) is 5.56 Å². The maximum absolute atomic E-state index is 5.69. The average molecular weight is 272 g/mol. The molecule has 19 heavy (non-hydrogen) atoms. The Hall–Kier alpha value is -2.01. The molecule has 3 N–H and O–H groups in total. The molecule has 0 radical (unpaired) electrons. The molecule has 2 aromatic rings. The van der Waals surface area contributed by atoms with E-state index in [-0.39, 0.29) is 0 Å². The quantitative estimate of drug-likeness (QED) is 0.841. The van der Waals surface area contributed by atoms with E-state index in [1.807, 2.05) is 0 Å². The lowest BCUT2D eigenvalue weighted by Crippen LogP contribution is -2.14. The molecular weight excluding hydrogens is 256 g/mol.